The zero-order chi connectivity index (χ0) is 66.9. The number of benzene rings is 11. The minimum absolute atomic E-state index is 0. The molecule has 0 radical (unpaired) electrons. The minimum Gasteiger partial charge on any atom is -0.510 e. The van der Waals surface area contributed by atoms with Crippen molar-refractivity contribution < 1.29 is 30.4 Å². The van der Waals surface area contributed by atoms with E-state index < -0.39 is 0 Å². The third-order valence-electron chi connectivity index (χ3n) is 22.6. The molecule has 0 bridgehead atoms. The number of imidazole rings is 1. The fourth-order valence-corrected chi connectivity index (χ4v) is 17.0. The molecule has 0 saturated carbocycles. The zero-order valence-electron chi connectivity index (χ0n) is 58.2. The van der Waals surface area contributed by atoms with E-state index in [1.165, 1.54) is 76.8 Å². The molecule has 2 aliphatic rings. The van der Waals surface area contributed by atoms with Crippen LogP contribution in [0.3, 0.4) is 0 Å². The molecule has 2 aliphatic carbocycles. The number of hydrogen-bond donors (Lipinski definition) is 0. The van der Waals surface area contributed by atoms with Crippen molar-refractivity contribution in [3.63, 3.8) is 0 Å². The van der Waals surface area contributed by atoms with Crippen molar-refractivity contribution in [3.05, 3.63) is 277 Å². The zero-order valence-corrected chi connectivity index (χ0v) is 60.5. The summed E-state index contributed by atoms with van der Waals surface area (Å²) in [7, 11) is 0. The van der Waals surface area contributed by atoms with Crippen LogP contribution in [0.5, 0.6) is 11.5 Å². The van der Waals surface area contributed by atoms with Gasteiger partial charge in [0.15, 0.2) is 0 Å². The Labute approximate surface area is 594 Å². The Kier molecular flexibility index (Phi) is 14.3. The Morgan fingerprint density at radius 3 is 1.57 bits per heavy atom. The van der Waals surface area contributed by atoms with Crippen LogP contribution >= 0.6 is 0 Å². The van der Waals surface area contributed by atoms with Crippen molar-refractivity contribution >= 4 is 92.5 Å². The maximum atomic E-state index is 7.08. The van der Waals surface area contributed by atoms with E-state index in [2.05, 4.69) is 331 Å². The molecule has 5 heterocycles. The van der Waals surface area contributed by atoms with Crippen molar-refractivity contribution in [1.29, 1.82) is 0 Å². The van der Waals surface area contributed by atoms with Crippen LogP contribution in [0.15, 0.2) is 231 Å². The number of nitrogens with zero attached hydrogens (tertiary/aromatic N) is 5. The second kappa shape index (κ2) is 22.6. The number of para-hydroxylation sites is 5. The van der Waals surface area contributed by atoms with E-state index in [0.717, 1.165) is 109 Å². The van der Waals surface area contributed by atoms with Crippen LogP contribution in [-0.4, -0.2) is 18.5 Å². The van der Waals surface area contributed by atoms with Gasteiger partial charge in [-0.3, -0.25) is 4.57 Å². The Hall–Kier alpha value is -9.87. The molecule has 490 valence electrons. The SMILES string of the molecule is CC(C)(C)c1ccnc(-n2c3[c-]c(Oc4[c-]c(-n5[c-][n+](-c6c(-c7ccc8c(c7)C(C)(C)CCC8(C)C)cccc6-c6ccc7c(c6)C(C)(C)CCC7(C)C)c6ccccc65)ccc4)ccc3c3cc4c(cc32)c2ccccc2c2ccccc2c2cccc3c5ccccc5n4c23)c1.[Pt]. The Morgan fingerprint density at radius 2 is 0.929 bits per heavy atom. The molecule has 0 fully saturated rings. The Morgan fingerprint density at radius 1 is 0.424 bits per heavy atom. The summed E-state index contributed by atoms with van der Waals surface area (Å²) in [4.78, 5) is 5.21. The van der Waals surface area contributed by atoms with E-state index >= 15 is 0 Å². The summed E-state index contributed by atoms with van der Waals surface area (Å²) in [5.41, 5.74) is 21.1. The van der Waals surface area contributed by atoms with Gasteiger partial charge in [0.25, 0.3) is 6.33 Å². The Balaban J connectivity index is 0.00000735. The standard InChI is InChI=1S/C92H79N5O.Pt/c1-88(2,3)59-43-48-93-85(51-59)96-82-53-62(39-40-70(82)74-55-84-73(54-83(74)96)68-28-15-13-26-66(68)65-25-12-14-27-67(65)71-32-22-33-72-69-29-16-17-34-79(69)97(84)87(71)72)98-61-24-20-23-60(52-61)94-56-95(81-36-19-18-35-80(81)94)86-63(57-37-41-75-77(49-57)91(8,9)46-44-89(75,4)5)30-21-31-64(86)58-38-42-76-78(50-58)92(10,11)47-45-90(76,6)7;/h12-43,48-51,54-55H,44-47H2,1-11H3;/q-2;. The number of pyridine rings is 1. The molecule has 0 spiro atoms. The van der Waals surface area contributed by atoms with Gasteiger partial charge in [0, 0.05) is 65.8 Å². The van der Waals surface area contributed by atoms with Gasteiger partial charge in [-0.1, -0.05) is 245 Å². The molecule has 0 amide bonds. The van der Waals surface area contributed by atoms with E-state index in [1.54, 1.807) is 0 Å². The van der Waals surface area contributed by atoms with Gasteiger partial charge in [-0.05, 0) is 166 Å². The molecule has 18 rings (SSSR count). The molecule has 16 aromatic rings. The smallest absolute Gasteiger partial charge is 0.268 e. The van der Waals surface area contributed by atoms with E-state index in [4.69, 9.17) is 9.72 Å². The van der Waals surface area contributed by atoms with Crippen molar-refractivity contribution in [2.75, 3.05) is 0 Å². The number of hydrogen-bond acceptors (Lipinski definition) is 2. The second-order valence-electron chi connectivity index (χ2n) is 31.6. The number of ether oxygens (including phenoxy) is 1. The minimum atomic E-state index is -0.135. The van der Waals surface area contributed by atoms with Gasteiger partial charge in [0.1, 0.15) is 5.82 Å². The monoisotopic (exact) mass is 1460 g/mol. The van der Waals surface area contributed by atoms with Crippen LogP contribution < -0.4 is 9.30 Å². The number of fused-ring (bicyclic) bond motifs is 16. The predicted molar refractivity (Wildman–Crippen MR) is 407 cm³/mol. The van der Waals surface area contributed by atoms with Crippen molar-refractivity contribution in [2.45, 2.75) is 129 Å². The van der Waals surface area contributed by atoms with Gasteiger partial charge >= 0.3 is 0 Å². The maximum absolute atomic E-state index is 7.08. The van der Waals surface area contributed by atoms with Crippen LogP contribution in [0.25, 0.3) is 132 Å². The summed E-state index contributed by atoms with van der Waals surface area (Å²) >= 11 is 0. The van der Waals surface area contributed by atoms with Crippen molar-refractivity contribution in [1.82, 2.24) is 18.5 Å². The normalized spacial score (nSPS) is 15.5. The number of aromatic nitrogens is 5. The largest absolute Gasteiger partial charge is 0.510 e. The maximum Gasteiger partial charge on any atom is 0.268 e. The average molecular weight is 1470 g/mol. The molecule has 0 N–H and O–H groups in total. The molecule has 6 nitrogen and oxygen atoms in total. The van der Waals surface area contributed by atoms with E-state index in [-0.39, 0.29) is 48.1 Å². The van der Waals surface area contributed by atoms with Crippen LogP contribution in [0, 0.1) is 18.5 Å². The fourth-order valence-electron chi connectivity index (χ4n) is 17.0. The molecule has 0 aliphatic heterocycles. The molecule has 0 atom stereocenters. The van der Waals surface area contributed by atoms with Crippen LogP contribution in [0.1, 0.15) is 130 Å². The molecular formula is C92H79N5OPt-2. The van der Waals surface area contributed by atoms with Gasteiger partial charge in [-0.15, -0.1) is 29.7 Å². The molecule has 0 unspecified atom stereocenters. The van der Waals surface area contributed by atoms with Crippen molar-refractivity contribution in [3.8, 4) is 50.9 Å². The number of rotatable bonds is 7. The van der Waals surface area contributed by atoms with Crippen LogP contribution in [0.2, 0.25) is 0 Å². The first-order chi connectivity index (χ1) is 47.2. The van der Waals surface area contributed by atoms with Gasteiger partial charge < -0.3 is 18.3 Å². The average Bonchev–Trinajstić information content (AvgIpc) is 1.58. The van der Waals surface area contributed by atoms with Gasteiger partial charge in [0.05, 0.1) is 33.3 Å². The first-order valence-electron chi connectivity index (χ1n) is 35.0. The predicted octanol–water partition coefficient (Wildman–Crippen LogP) is 23.5. The Bertz CT molecular complexity index is 6000. The third-order valence-corrected chi connectivity index (χ3v) is 22.6. The summed E-state index contributed by atoms with van der Waals surface area (Å²) in [6.45, 7) is 26.2. The van der Waals surface area contributed by atoms with Crippen LogP contribution in [0.4, 0.5) is 0 Å². The molecule has 11 aromatic carbocycles. The van der Waals surface area contributed by atoms with E-state index in [1.807, 2.05) is 12.3 Å². The van der Waals surface area contributed by atoms with Gasteiger partial charge in [-0.25, -0.2) is 4.98 Å². The summed E-state index contributed by atoms with van der Waals surface area (Å²) in [6.07, 6.45) is 10.5. The molecule has 7 heteroatoms. The van der Waals surface area contributed by atoms with Gasteiger partial charge in [0.2, 0.25) is 0 Å². The molecule has 99 heavy (non-hydrogen) atoms. The van der Waals surface area contributed by atoms with E-state index in [0.29, 0.717) is 11.5 Å². The van der Waals surface area contributed by atoms with Crippen LogP contribution in [-0.2, 0) is 48.1 Å². The summed E-state index contributed by atoms with van der Waals surface area (Å²) in [5, 5.41) is 11.6. The first-order valence-corrected chi connectivity index (χ1v) is 35.0. The summed E-state index contributed by atoms with van der Waals surface area (Å²) in [5.74, 6) is 1.94. The van der Waals surface area contributed by atoms with E-state index in [9.17, 15) is 0 Å². The molecule has 0 saturated heterocycles. The fraction of sp³-hybridized carbons (Fsp3) is 0.217. The second-order valence-corrected chi connectivity index (χ2v) is 31.6. The first kappa shape index (κ1) is 62.6. The molecule has 5 aromatic heterocycles. The summed E-state index contributed by atoms with van der Waals surface area (Å²) in [6, 6.07) is 91.0. The third kappa shape index (κ3) is 9.89. The summed E-state index contributed by atoms with van der Waals surface area (Å²) < 4.78 is 16.4. The quantitative estimate of drug-likeness (QED) is 0.118. The van der Waals surface area contributed by atoms with Crippen molar-refractivity contribution in [2.24, 2.45) is 0 Å². The van der Waals surface area contributed by atoms with Gasteiger partial charge in [-0.2, -0.15) is 18.2 Å². The topological polar surface area (TPSA) is 40.3 Å². The molecular weight excluding hydrogens is 1390 g/mol.